The first-order chi connectivity index (χ1) is 9.60. The summed E-state index contributed by atoms with van der Waals surface area (Å²) < 4.78 is 1.04. The zero-order chi connectivity index (χ0) is 14.5. The smallest absolute Gasteiger partial charge is 0.292 e. The third kappa shape index (κ3) is 3.74. The minimum atomic E-state index is -0.361. The fourth-order valence-electron chi connectivity index (χ4n) is 1.73. The van der Waals surface area contributed by atoms with Gasteiger partial charge >= 0.3 is 0 Å². The van der Waals surface area contributed by atoms with Gasteiger partial charge in [-0.15, -0.1) is 11.8 Å². The van der Waals surface area contributed by atoms with E-state index in [9.17, 15) is 10.1 Å². The molecule has 0 aliphatic heterocycles. The Kier molecular flexibility index (Phi) is 5.03. The van der Waals surface area contributed by atoms with E-state index in [1.807, 2.05) is 30.3 Å². The average molecular weight is 353 g/mol. The molecule has 0 atom stereocenters. The fourth-order valence-corrected chi connectivity index (χ4v) is 2.83. The lowest BCUT2D eigenvalue weighted by atomic mass is 10.2. The Morgan fingerprint density at radius 1 is 1.25 bits per heavy atom. The number of hydrogen-bond donors (Lipinski definition) is 1. The summed E-state index contributed by atoms with van der Waals surface area (Å²) in [5.41, 5.74) is 1.58. The van der Waals surface area contributed by atoms with Crippen molar-refractivity contribution in [2.24, 2.45) is 0 Å². The van der Waals surface area contributed by atoms with E-state index in [2.05, 4.69) is 21.2 Å². The van der Waals surface area contributed by atoms with Crippen LogP contribution in [0.1, 0.15) is 5.56 Å². The predicted molar refractivity (Wildman–Crippen MR) is 86.3 cm³/mol. The number of nitrogens with zero attached hydrogens (tertiary/aromatic N) is 1. The van der Waals surface area contributed by atoms with E-state index >= 15 is 0 Å². The molecule has 0 aromatic heterocycles. The van der Waals surface area contributed by atoms with Crippen molar-refractivity contribution in [1.82, 2.24) is 0 Å². The molecule has 0 unspecified atom stereocenters. The minimum absolute atomic E-state index is 0.112. The number of thioether (sulfide) groups is 1. The first-order valence-corrected chi connectivity index (χ1v) is 7.71. The van der Waals surface area contributed by atoms with E-state index in [-0.39, 0.29) is 10.6 Å². The largest absolute Gasteiger partial charge is 0.383 e. The van der Waals surface area contributed by atoms with Gasteiger partial charge in [0.25, 0.3) is 5.69 Å². The Morgan fingerprint density at radius 3 is 2.55 bits per heavy atom. The maximum atomic E-state index is 11.0. The predicted octanol–water partition coefficient (Wildman–Crippen LogP) is 4.69. The van der Waals surface area contributed by atoms with Gasteiger partial charge in [0.1, 0.15) is 5.69 Å². The van der Waals surface area contributed by atoms with Crippen LogP contribution in [0.2, 0.25) is 0 Å². The number of hydrogen-bond acceptors (Lipinski definition) is 4. The van der Waals surface area contributed by atoms with E-state index in [1.54, 1.807) is 30.9 Å². The Bertz CT molecular complexity index is 617. The van der Waals surface area contributed by atoms with Gasteiger partial charge in [0.2, 0.25) is 0 Å². The fraction of sp³-hybridized carbons (Fsp3) is 0.143. The van der Waals surface area contributed by atoms with Crippen LogP contribution in [0.15, 0.2) is 51.8 Å². The zero-order valence-electron chi connectivity index (χ0n) is 10.8. The standard InChI is InChI=1S/C14H13BrN2O2S/c1-16-13-7-2-10(8-14(13)17(18)19)9-20-12-5-3-11(15)4-6-12/h2-8,16H,9H2,1H3. The normalized spacial score (nSPS) is 10.3. The van der Waals surface area contributed by atoms with Gasteiger partial charge in [-0.05, 0) is 35.9 Å². The highest BCUT2D eigenvalue weighted by Gasteiger charge is 2.13. The van der Waals surface area contributed by atoms with E-state index in [0.717, 1.165) is 14.9 Å². The molecule has 6 heteroatoms. The van der Waals surface area contributed by atoms with Crippen LogP contribution in [0, 0.1) is 10.1 Å². The molecular weight excluding hydrogens is 340 g/mol. The summed E-state index contributed by atoms with van der Waals surface area (Å²) in [4.78, 5) is 11.8. The Labute approximate surface area is 129 Å². The summed E-state index contributed by atoms with van der Waals surface area (Å²) in [6.07, 6.45) is 0. The molecule has 0 fully saturated rings. The molecule has 0 spiro atoms. The van der Waals surface area contributed by atoms with Gasteiger partial charge in [0.05, 0.1) is 4.92 Å². The molecule has 0 saturated heterocycles. The van der Waals surface area contributed by atoms with Crippen molar-refractivity contribution in [3.05, 3.63) is 62.6 Å². The van der Waals surface area contributed by atoms with Gasteiger partial charge < -0.3 is 5.32 Å². The first kappa shape index (κ1) is 14.9. The van der Waals surface area contributed by atoms with Crippen LogP contribution < -0.4 is 5.32 Å². The molecule has 2 rings (SSSR count). The lowest BCUT2D eigenvalue weighted by molar-refractivity contribution is -0.384. The molecule has 2 aromatic carbocycles. The van der Waals surface area contributed by atoms with Crippen molar-refractivity contribution in [1.29, 1.82) is 0 Å². The molecule has 0 amide bonds. The maximum Gasteiger partial charge on any atom is 0.292 e. The van der Waals surface area contributed by atoms with E-state index < -0.39 is 0 Å². The van der Waals surface area contributed by atoms with Crippen molar-refractivity contribution in [3.8, 4) is 0 Å². The van der Waals surface area contributed by atoms with Crippen LogP contribution in [0.4, 0.5) is 11.4 Å². The van der Waals surface area contributed by atoms with Crippen LogP contribution in [0.25, 0.3) is 0 Å². The van der Waals surface area contributed by atoms with Gasteiger partial charge in [-0.2, -0.15) is 0 Å². The van der Waals surface area contributed by atoms with Crippen molar-refractivity contribution in [3.63, 3.8) is 0 Å². The molecule has 2 aromatic rings. The number of benzene rings is 2. The molecule has 0 heterocycles. The summed E-state index contributed by atoms with van der Waals surface area (Å²) in [6, 6.07) is 13.3. The van der Waals surface area contributed by atoms with Crippen LogP contribution in [-0.2, 0) is 5.75 Å². The number of nitro groups is 1. The Hall–Kier alpha value is -1.53. The summed E-state index contributed by atoms with van der Waals surface area (Å²) in [5, 5.41) is 13.8. The first-order valence-electron chi connectivity index (χ1n) is 5.93. The van der Waals surface area contributed by atoms with Crippen molar-refractivity contribution >= 4 is 39.1 Å². The van der Waals surface area contributed by atoms with Gasteiger partial charge in [0, 0.05) is 28.2 Å². The van der Waals surface area contributed by atoms with Crippen molar-refractivity contribution in [2.45, 2.75) is 10.6 Å². The summed E-state index contributed by atoms with van der Waals surface area (Å²) in [6.45, 7) is 0. The lowest BCUT2D eigenvalue weighted by Gasteiger charge is -2.06. The van der Waals surface area contributed by atoms with Gasteiger partial charge in [0.15, 0.2) is 0 Å². The van der Waals surface area contributed by atoms with Gasteiger partial charge in [-0.1, -0.05) is 22.0 Å². The highest BCUT2D eigenvalue weighted by molar-refractivity contribution is 9.10. The SMILES string of the molecule is CNc1ccc(CSc2ccc(Br)cc2)cc1[N+](=O)[O-]. The quantitative estimate of drug-likeness (QED) is 0.481. The molecule has 0 saturated carbocycles. The molecule has 0 bridgehead atoms. The molecule has 104 valence electrons. The van der Waals surface area contributed by atoms with E-state index in [0.29, 0.717) is 11.4 Å². The average Bonchev–Trinajstić information content (AvgIpc) is 2.46. The van der Waals surface area contributed by atoms with Crippen LogP contribution in [0.5, 0.6) is 0 Å². The Balaban J connectivity index is 2.11. The van der Waals surface area contributed by atoms with Crippen LogP contribution in [0.3, 0.4) is 0 Å². The minimum Gasteiger partial charge on any atom is -0.383 e. The summed E-state index contributed by atoms with van der Waals surface area (Å²) in [5.74, 6) is 0.701. The topological polar surface area (TPSA) is 55.2 Å². The third-order valence-corrected chi connectivity index (χ3v) is 4.36. The lowest BCUT2D eigenvalue weighted by Crippen LogP contribution is -1.97. The number of rotatable bonds is 5. The molecule has 1 N–H and O–H groups in total. The van der Waals surface area contributed by atoms with Gasteiger partial charge in [-0.3, -0.25) is 10.1 Å². The molecule has 0 aliphatic rings. The number of nitrogens with one attached hydrogen (secondary N) is 1. The molecule has 20 heavy (non-hydrogen) atoms. The second kappa shape index (κ2) is 6.76. The van der Waals surface area contributed by atoms with Gasteiger partial charge in [-0.25, -0.2) is 0 Å². The van der Waals surface area contributed by atoms with E-state index in [4.69, 9.17) is 0 Å². The Morgan fingerprint density at radius 2 is 1.95 bits per heavy atom. The maximum absolute atomic E-state index is 11.0. The number of anilines is 1. The van der Waals surface area contributed by atoms with Crippen LogP contribution in [-0.4, -0.2) is 12.0 Å². The van der Waals surface area contributed by atoms with Crippen molar-refractivity contribution in [2.75, 3.05) is 12.4 Å². The highest BCUT2D eigenvalue weighted by Crippen LogP contribution is 2.29. The second-order valence-corrected chi connectivity index (χ2v) is 6.07. The monoisotopic (exact) mass is 352 g/mol. The van der Waals surface area contributed by atoms with Crippen LogP contribution >= 0.6 is 27.7 Å². The summed E-state index contributed by atoms with van der Waals surface area (Å²) >= 11 is 5.04. The molecule has 0 radical (unpaired) electrons. The van der Waals surface area contributed by atoms with E-state index in [1.165, 1.54) is 0 Å². The highest BCUT2D eigenvalue weighted by atomic mass is 79.9. The van der Waals surface area contributed by atoms with Crippen molar-refractivity contribution < 1.29 is 4.92 Å². The summed E-state index contributed by atoms with van der Waals surface area (Å²) in [7, 11) is 1.68. The third-order valence-electron chi connectivity index (χ3n) is 2.75. The molecule has 4 nitrogen and oxygen atoms in total. The zero-order valence-corrected chi connectivity index (χ0v) is 13.2. The molecule has 0 aliphatic carbocycles. The number of halogens is 1. The molecular formula is C14H13BrN2O2S. The number of nitro benzene ring substituents is 1. The second-order valence-electron chi connectivity index (χ2n) is 4.10.